The highest BCUT2D eigenvalue weighted by atomic mass is 35.5. The van der Waals surface area contributed by atoms with Crippen LogP contribution in [-0.4, -0.2) is 27.2 Å². The van der Waals surface area contributed by atoms with Gasteiger partial charge in [-0.05, 0) is 17.7 Å². The van der Waals surface area contributed by atoms with Gasteiger partial charge in [-0.25, -0.2) is 4.68 Å². The molecule has 0 spiro atoms. The number of nitrogens with zero attached hydrogens (tertiary/aromatic N) is 3. The van der Waals surface area contributed by atoms with Crippen molar-refractivity contribution < 1.29 is 9.84 Å². The number of methoxy groups -OCH3 is 1. The zero-order valence-electron chi connectivity index (χ0n) is 9.46. The van der Waals surface area contributed by atoms with Crippen LogP contribution in [0.1, 0.15) is 17.4 Å². The van der Waals surface area contributed by atoms with Gasteiger partial charge in [0, 0.05) is 7.05 Å². The molecule has 0 saturated heterocycles. The summed E-state index contributed by atoms with van der Waals surface area (Å²) in [6.45, 7) is 0. The fraction of sp³-hybridized carbons (Fsp3) is 0.273. The fourth-order valence-electron chi connectivity index (χ4n) is 1.57. The zero-order chi connectivity index (χ0) is 12.4. The number of aliphatic hydroxyl groups is 1. The molecule has 0 aliphatic heterocycles. The van der Waals surface area contributed by atoms with Crippen molar-refractivity contribution in [3.8, 4) is 5.75 Å². The van der Waals surface area contributed by atoms with Gasteiger partial charge in [-0.1, -0.05) is 22.9 Å². The molecule has 0 aliphatic rings. The molecule has 1 heterocycles. The van der Waals surface area contributed by atoms with E-state index in [1.54, 1.807) is 32.4 Å². The van der Waals surface area contributed by atoms with Crippen molar-refractivity contribution >= 4 is 11.6 Å². The van der Waals surface area contributed by atoms with E-state index >= 15 is 0 Å². The van der Waals surface area contributed by atoms with Crippen LogP contribution < -0.4 is 4.74 Å². The Balaban J connectivity index is 2.35. The van der Waals surface area contributed by atoms with Crippen LogP contribution in [0.15, 0.2) is 24.4 Å². The highest BCUT2D eigenvalue weighted by molar-refractivity contribution is 6.32. The number of halogens is 1. The minimum absolute atomic E-state index is 0.458. The summed E-state index contributed by atoms with van der Waals surface area (Å²) in [5.74, 6) is 0.575. The van der Waals surface area contributed by atoms with E-state index in [0.717, 1.165) is 0 Å². The predicted molar refractivity (Wildman–Crippen MR) is 63.1 cm³/mol. The van der Waals surface area contributed by atoms with Gasteiger partial charge in [0.25, 0.3) is 0 Å². The summed E-state index contributed by atoms with van der Waals surface area (Å²) < 4.78 is 6.57. The molecule has 1 aromatic carbocycles. The van der Waals surface area contributed by atoms with Crippen molar-refractivity contribution in [3.05, 3.63) is 40.7 Å². The third-order valence-electron chi connectivity index (χ3n) is 2.52. The van der Waals surface area contributed by atoms with Gasteiger partial charge in [0.15, 0.2) is 0 Å². The molecule has 0 radical (unpaired) electrons. The summed E-state index contributed by atoms with van der Waals surface area (Å²) in [7, 11) is 3.26. The number of aryl methyl sites for hydroxylation is 1. The molecule has 0 aliphatic carbocycles. The van der Waals surface area contributed by atoms with Crippen molar-refractivity contribution in [2.24, 2.45) is 7.05 Å². The van der Waals surface area contributed by atoms with Crippen LogP contribution in [0.2, 0.25) is 5.02 Å². The second-order valence-corrected chi connectivity index (χ2v) is 3.99. The van der Waals surface area contributed by atoms with Crippen molar-refractivity contribution in [3.63, 3.8) is 0 Å². The van der Waals surface area contributed by atoms with Crippen molar-refractivity contribution in [2.75, 3.05) is 7.11 Å². The van der Waals surface area contributed by atoms with Crippen molar-refractivity contribution in [2.45, 2.75) is 6.10 Å². The maximum absolute atomic E-state index is 10.1. The van der Waals surface area contributed by atoms with E-state index in [-0.39, 0.29) is 0 Å². The van der Waals surface area contributed by atoms with Crippen LogP contribution in [0.25, 0.3) is 0 Å². The van der Waals surface area contributed by atoms with Crippen LogP contribution >= 0.6 is 11.6 Å². The van der Waals surface area contributed by atoms with Gasteiger partial charge in [0.2, 0.25) is 0 Å². The lowest BCUT2D eigenvalue weighted by molar-refractivity contribution is 0.209. The summed E-state index contributed by atoms with van der Waals surface area (Å²) in [5.41, 5.74) is 1.27. The quantitative estimate of drug-likeness (QED) is 0.902. The van der Waals surface area contributed by atoms with E-state index in [4.69, 9.17) is 16.3 Å². The number of aliphatic hydroxyl groups excluding tert-OH is 1. The fourth-order valence-corrected chi connectivity index (χ4v) is 1.83. The molecule has 0 saturated carbocycles. The Labute approximate surface area is 104 Å². The number of hydrogen-bond acceptors (Lipinski definition) is 4. The molecule has 2 aromatic rings. The van der Waals surface area contributed by atoms with E-state index in [1.807, 2.05) is 0 Å². The lowest BCUT2D eigenvalue weighted by atomic mass is 10.1. The molecule has 5 nitrogen and oxygen atoms in total. The number of ether oxygens (including phenoxy) is 1. The summed E-state index contributed by atoms with van der Waals surface area (Å²) >= 11 is 6.00. The van der Waals surface area contributed by atoms with E-state index in [1.165, 1.54) is 10.9 Å². The Kier molecular flexibility index (Phi) is 3.31. The Morgan fingerprint density at radius 1 is 1.47 bits per heavy atom. The Morgan fingerprint density at radius 3 is 2.76 bits per heavy atom. The Morgan fingerprint density at radius 2 is 2.24 bits per heavy atom. The van der Waals surface area contributed by atoms with E-state index in [0.29, 0.717) is 22.0 Å². The van der Waals surface area contributed by atoms with Crippen LogP contribution in [0.4, 0.5) is 0 Å². The lowest BCUT2D eigenvalue weighted by Crippen LogP contribution is -2.06. The highest BCUT2D eigenvalue weighted by Crippen LogP contribution is 2.29. The third-order valence-corrected chi connectivity index (χ3v) is 2.82. The van der Waals surface area contributed by atoms with Crippen LogP contribution in [0, 0.1) is 0 Å². The summed E-state index contributed by atoms with van der Waals surface area (Å²) in [6, 6.07) is 5.13. The average Bonchev–Trinajstić information content (AvgIpc) is 2.74. The van der Waals surface area contributed by atoms with Gasteiger partial charge in [0.1, 0.15) is 11.9 Å². The molecule has 0 bridgehead atoms. The molecule has 6 heteroatoms. The molecular weight excluding hydrogens is 242 g/mol. The first-order valence-corrected chi connectivity index (χ1v) is 5.37. The summed E-state index contributed by atoms with van der Waals surface area (Å²) in [6.07, 6.45) is 0.710. The maximum Gasteiger partial charge on any atom is 0.137 e. The largest absolute Gasteiger partial charge is 0.495 e. The smallest absolute Gasteiger partial charge is 0.137 e. The van der Waals surface area contributed by atoms with Gasteiger partial charge in [-0.2, -0.15) is 0 Å². The van der Waals surface area contributed by atoms with Gasteiger partial charge in [-0.15, -0.1) is 5.10 Å². The molecule has 90 valence electrons. The van der Waals surface area contributed by atoms with Gasteiger partial charge < -0.3 is 9.84 Å². The summed E-state index contributed by atoms with van der Waals surface area (Å²) in [4.78, 5) is 0. The molecule has 17 heavy (non-hydrogen) atoms. The van der Waals surface area contributed by atoms with Crippen LogP contribution in [-0.2, 0) is 7.05 Å². The first kappa shape index (κ1) is 11.9. The number of rotatable bonds is 3. The molecule has 0 fully saturated rings. The van der Waals surface area contributed by atoms with Crippen LogP contribution in [0.3, 0.4) is 0 Å². The molecule has 2 rings (SSSR count). The molecule has 1 unspecified atom stereocenters. The predicted octanol–water partition coefficient (Wildman–Crippen LogP) is 1.56. The maximum atomic E-state index is 10.1. The van der Waals surface area contributed by atoms with Gasteiger partial charge in [-0.3, -0.25) is 0 Å². The number of benzene rings is 1. The molecule has 1 N–H and O–H groups in total. The second-order valence-electron chi connectivity index (χ2n) is 3.58. The summed E-state index contributed by atoms with van der Waals surface area (Å²) in [5, 5.41) is 18.1. The average molecular weight is 254 g/mol. The number of aromatic nitrogens is 3. The normalized spacial score (nSPS) is 12.5. The SMILES string of the molecule is COc1ccc(C(O)c2cnnn2C)cc1Cl. The van der Waals surface area contributed by atoms with E-state index in [9.17, 15) is 5.11 Å². The van der Waals surface area contributed by atoms with Gasteiger partial charge in [0.05, 0.1) is 24.0 Å². The third kappa shape index (κ3) is 2.25. The first-order chi connectivity index (χ1) is 8.13. The second kappa shape index (κ2) is 4.73. The standard InChI is InChI=1S/C11H12ClN3O2/c1-15-9(6-13-14-15)11(16)7-3-4-10(17-2)8(12)5-7/h3-6,11,16H,1-2H3. The van der Waals surface area contributed by atoms with E-state index < -0.39 is 6.10 Å². The lowest BCUT2D eigenvalue weighted by Gasteiger charge is -2.12. The van der Waals surface area contributed by atoms with E-state index in [2.05, 4.69) is 10.3 Å². The zero-order valence-corrected chi connectivity index (χ0v) is 10.2. The topological polar surface area (TPSA) is 60.2 Å². The Bertz CT molecular complexity index is 527. The molecule has 1 aromatic heterocycles. The van der Waals surface area contributed by atoms with Crippen molar-refractivity contribution in [1.82, 2.24) is 15.0 Å². The van der Waals surface area contributed by atoms with Crippen molar-refractivity contribution in [1.29, 1.82) is 0 Å². The highest BCUT2D eigenvalue weighted by Gasteiger charge is 2.16. The molecule has 1 atom stereocenters. The Hall–Kier alpha value is -1.59. The first-order valence-electron chi connectivity index (χ1n) is 4.99. The monoisotopic (exact) mass is 253 g/mol. The minimum atomic E-state index is -0.807. The number of hydrogen-bond donors (Lipinski definition) is 1. The molecule has 0 amide bonds. The van der Waals surface area contributed by atoms with Gasteiger partial charge >= 0.3 is 0 Å². The van der Waals surface area contributed by atoms with Crippen LogP contribution in [0.5, 0.6) is 5.75 Å². The molecular formula is C11H12ClN3O2. The minimum Gasteiger partial charge on any atom is -0.495 e.